The lowest BCUT2D eigenvalue weighted by molar-refractivity contribution is 0.335. The van der Waals surface area contributed by atoms with E-state index in [-0.39, 0.29) is 5.54 Å². The average Bonchev–Trinajstić information content (AvgIpc) is 2.42. The molecule has 0 aromatic heterocycles. The molecule has 0 aromatic carbocycles. The third kappa shape index (κ3) is 3.22. The van der Waals surface area contributed by atoms with E-state index in [1.165, 1.54) is 38.5 Å². The van der Waals surface area contributed by atoms with Crippen LogP contribution >= 0.6 is 0 Å². The van der Waals surface area contributed by atoms with Gasteiger partial charge in [-0.3, -0.25) is 0 Å². The lowest BCUT2D eigenvalue weighted by Gasteiger charge is -2.26. The summed E-state index contributed by atoms with van der Waals surface area (Å²) in [4.78, 5) is 3.05. The van der Waals surface area contributed by atoms with Crippen LogP contribution in [-0.2, 0) is 0 Å². The second kappa shape index (κ2) is 5.92. The molecular weight excluding hydrogens is 174 g/mol. The van der Waals surface area contributed by atoms with Crippen molar-refractivity contribution in [1.82, 2.24) is 0 Å². The Hall–Kier alpha value is -0.690. The third-order valence-corrected chi connectivity index (χ3v) is 3.29. The molecule has 1 saturated carbocycles. The summed E-state index contributed by atoms with van der Waals surface area (Å²) in [6, 6.07) is 0. The number of hydrogen-bond donors (Lipinski definition) is 0. The van der Waals surface area contributed by atoms with Gasteiger partial charge in [0, 0.05) is 10.5 Å². The number of nitrogens with zero attached hydrogens (tertiary/aromatic N) is 3. The predicted octanol–water partition coefficient (Wildman–Crippen LogP) is 4.58. The zero-order valence-corrected chi connectivity index (χ0v) is 9.21. The van der Waals surface area contributed by atoms with Crippen molar-refractivity contribution in [3.05, 3.63) is 10.4 Å². The van der Waals surface area contributed by atoms with E-state index in [4.69, 9.17) is 5.53 Å². The number of azide groups is 1. The summed E-state index contributed by atoms with van der Waals surface area (Å²) in [5.74, 6) is 0. The SMILES string of the molecule is CCCCC1(N=[N+]=[N-])CCCCCC1. The highest BCUT2D eigenvalue weighted by atomic mass is 15.2. The van der Waals surface area contributed by atoms with Crippen LogP contribution in [0.2, 0.25) is 0 Å². The summed E-state index contributed by atoms with van der Waals surface area (Å²) in [5, 5.41) is 4.09. The summed E-state index contributed by atoms with van der Waals surface area (Å²) < 4.78 is 0. The number of hydrogen-bond acceptors (Lipinski definition) is 1. The average molecular weight is 195 g/mol. The summed E-state index contributed by atoms with van der Waals surface area (Å²) in [6.45, 7) is 2.19. The van der Waals surface area contributed by atoms with Gasteiger partial charge in [-0.15, -0.1) is 0 Å². The minimum Gasteiger partial charge on any atom is -0.0873 e. The highest BCUT2D eigenvalue weighted by Gasteiger charge is 2.28. The molecule has 0 aromatic rings. The van der Waals surface area contributed by atoms with Gasteiger partial charge >= 0.3 is 0 Å². The Labute approximate surface area is 86.5 Å². The highest BCUT2D eigenvalue weighted by molar-refractivity contribution is 4.89. The Balaban J connectivity index is 2.61. The van der Waals surface area contributed by atoms with Crippen LogP contribution in [0, 0.1) is 0 Å². The molecule has 0 radical (unpaired) electrons. The molecule has 0 saturated heterocycles. The van der Waals surface area contributed by atoms with Crippen molar-refractivity contribution in [2.24, 2.45) is 5.11 Å². The fraction of sp³-hybridized carbons (Fsp3) is 1.00. The summed E-state index contributed by atoms with van der Waals surface area (Å²) in [6.07, 6.45) is 10.8. The van der Waals surface area contributed by atoms with Gasteiger partial charge in [-0.05, 0) is 24.8 Å². The van der Waals surface area contributed by atoms with E-state index in [9.17, 15) is 0 Å². The third-order valence-electron chi connectivity index (χ3n) is 3.29. The zero-order valence-electron chi connectivity index (χ0n) is 9.21. The van der Waals surface area contributed by atoms with E-state index in [0.717, 1.165) is 19.3 Å². The maximum Gasteiger partial charge on any atom is 0.0488 e. The Morgan fingerprint density at radius 1 is 1.21 bits per heavy atom. The minimum absolute atomic E-state index is 0.0265. The normalized spacial score (nSPS) is 20.9. The van der Waals surface area contributed by atoms with Gasteiger partial charge in [-0.25, -0.2) is 0 Å². The fourth-order valence-corrected chi connectivity index (χ4v) is 2.39. The Morgan fingerprint density at radius 3 is 2.36 bits per heavy atom. The van der Waals surface area contributed by atoms with E-state index < -0.39 is 0 Å². The van der Waals surface area contributed by atoms with E-state index in [0.29, 0.717) is 0 Å². The van der Waals surface area contributed by atoms with Gasteiger partial charge in [0.1, 0.15) is 0 Å². The number of rotatable bonds is 4. The van der Waals surface area contributed by atoms with Crippen molar-refractivity contribution in [2.75, 3.05) is 0 Å². The van der Waals surface area contributed by atoms with Gasteiger partial charge in [-0.1, -0.05) is 50.6 Å². The maximum atomic E-state index is 8.63. The van der Waals surface area contributed by atoms with E-state index >= 15 is 0 Å². The van der Waals surface area contributed by atoms with E-state index in [1.54, 1.807) is 0 Å². The predicted molar refractivity (Wildman–Crippen MR) is 59.1 cm³/mol. The standard InChI is InChI=1S/C11H21N3/c1-2-3-8-11(13-14-12)9-6-4-5-7-10-11/h2-10H2,1H3. The van der Waals surface area contributed by atoms with Crippen LogP contribution in [-0.4, -0.2) is 5.54 Å². The summed E-state index contributed by atoms with van der Waals surface area (Å²) >= 11 is 0. The molecule has 80 valence electrons. The summed E-state index contributed by atoms with van der Waals surface area (Å²) in [5.41, 5.74) is 8.61. The lowest BCUT2D eigenvalue weighted by Crippen LogP contribution is -2.24. The largest absolute Gasteiger partial charge is 0.0873 e. The van der Waals surface area contributed by atoms with Gasteiger partial charge < -0.3 is 0 Å². The molecule has 0 aliphatic heterocycles. The second-order valence-electron chi connectivity index (χ2n) is 4.43. The van der Waals surface area contributed by atoms with Gasteiger partial charge in [0.05, 0.1) is 0 Å². The molecule has 1 fully saturated rings. The van der Waals surface area contributed by atoms with Crippen LogP contribution in [0.1, 0.15) is 64.7 Å². The fourth-order valence-electron chi connectivity index (χ4n) is 2.39. The smallest absolute Gasteiger partial charge is 0.0488 e. The van der Waals surface area contributed by atoms with Crippen LogP contribution in [0.4, 0.5) is 0 Å². The molecule has 3 nitrogen and oxygen atoms in total. The monoisotopic (exact) mass is 195 g/mol. The van der Waals surface area contributed by atoms with Crippen LogP contribution in [0.5, 0.6) is 0 Å². The first-order valence-electron chi connectivity index (χ1n) is 5.89. The first kappa shape index (κ1) is 11.4. The Bertz CT molecular complexity index is 199. The van der Waals surface area contributed by atoms with Gasteiger partial charge in [0.25, 0.3) is 0 Å². The molecule has 0 N–H and O–H groups in total. The van der Waals surface area contributed by atoms with Gasteiger partial charge in [0.15, 0.2) is 0 Å². The quantitative estimate of drug-likeness (QED) is 0.273. The zero-order chi connectivity index (χ0) is 10.3. The molecule has 14 heavy (non-hydrogen) atoms. The van der Waals surface area contributed by atoms with Crippen molar-refractivity contribution in [2.45, 2.75) is 70.3 Å². The van der Waals surface area contributed by atoms with Crippen molar-refractivity contribution in [1.29, 1.82) is 0 Å². The Kier molecular flexibility index (Phi) is 4.81. The maximum absolute atomic E-state index is 8.63. The van der Waals surface area contributed by atoms with Crippen molar-refractivity contribution in [3.63, 3.8) is 0 Å². The van der Waals surface area contributed by atoms with Crippen LogP contribution in [0.25, 0.3) is 10.4 Å². The van der Waals surface area contributed by atoms with Crippen LogP contribution in [0.15, 0.2) is 5.11 Å². The van der Waals surface area contributed by atoms with E-state index in [2.05, 4.69) is 16.9 Å². The van der Waals surface area contributed by atoms with Crippen molar-refractivity contribution >= 4 is 0 Å². The first-order valence-corrected chi connectivity index (χ1v) is 5.89. The van der Waals surface area contributed by atoms with Crippen molar-refractivity contribution in [3.8, 4) is 0 Å². The Morgan fingerprint density at radius 2 is 1.86 bits per heavy atom. The van der Waals surface area contributed by atoms with Crippen LogP contribution < -0.4 is 0 Å². The molecule has 0 atom stereocenters. The lowest BCUT2D eigenvalue weighted by atomic mass is 9.86. The summed E-state index contributed by atoms with van der Waals surface area (Å²) in [7, 11) is 0. The molecule has 1 aliphatic rings. The molecule has 0 amide bonds. The molecule has 1 rings (SSSR count). The molecule has 1 aliphatic carbocycles. The molecule has 3 heteroatoms. The number of unbranched alkanes of at least 4 members (excludes halogenated alkanes) is 1. The highest BCUT2D eigenvalue weighted by Crippen LogP contribution is 2.34. The molecule has 0 spiro atoms. The van der Waals surface area contributed by atoms with Gasteiger partial charge in [-0.2, -0.15) is 0 Å². The molecule has 0 unspecified atom stereocenters. The topological polar surface area (TPSA) is 48.8 Å². The van der Waals surface area contributed by atoms with Crippen LogP contribution in [0.3, 0.4) is 0 Å². The minimum atomic E-state index is -0.0265. The van der Waals surface area contributed by atoms with Gasteiger partial charge in [0.2, 0.25) is 0 Å². The molecule has 0 bridgehead atoms. The first-order chi connectivity index (χ1) is 6.83. The van der Waals surface area contributed by atoms with E-state index in [1.807, 2.05) is 0 Å². The molecule has 0 heterocycles. The van der Waals surface area contributed by atoms with Crippen molar-refractivity contribution < 1.29 is 0 Å². The second-order valence-corrected chi connectivity index (χ2v) is 4.43. The molecular formula is C11H21N3.